The van der Waals surface area contributed by atoms with Crippen molar-refractivity contribution < 1.29 is 39.2 Å². The number of anilines is 1. The number of phenolic OH excluding ortho intramolecular Hbond substituents is 1. The SMILES string of the molecule is CC/C(=C\c1cc(I)c(O)c(OC)c1)CC[C@H]1OB(O)C[C@H]2C1=C(C(C)C)C[C@H]1C(=O)N(c3cccc(B(O)O)c3)C(=O)[C@H]12. The zero-order valence-electron chi connectivity index (χ0n) is 25.4. The van der Waals surface area contributed by atoms with Crippen molar-refractivity contribution in [3.05, 3.63) is 62.3 Å². The average Bonchev–Trinajstić information content (AvgIpc) is 3.25. The number of fused-ring (bicyclic) bond motifs is 3. The zero-order valence-corrected chi connectivity index (χ0v) is 27.5. The number of hydrogen-bond donors (Lipinski definition) is 4. The molecule has 12 heteroatoms. The van der Waals surface area contributed by atoms with Gasteiger partial charge in [0.15, 0.2) is 11.5 Å². The summed E-state index contributed by atoms with van der Waals surface area (Å²) in [6.07, 6.45) is 4.44. The number of nitrogens with zero attached hydrogens (tertiary/aromatic N) is 1. The van der Waals surface area contributed by atoms with Crippen LogP contribution in [0.5, 0.6) is 11.5 Å². The number of amides is 2. The molecule has 9 nitrogen and oxygen atoms in total. The third-order valence-corrected chi connectivity index (χ3v) is 10.0. The monoisotopic (exact) mass is 713 g/mol. The highest BCUT2D eigenvalue weighted by atomic mass is 127. The number of aromatic hydroxyl groups is 1. The maximum atomic E-state index is 14.0. The summed E-state index contributed by atoms with van der Waals surface area (Å²) in [4.78, 5) is 29.0. The lowest BCUT2D eigenvalue weighted by Crippen LogP contribution is -2.46. The molecule has 0 unspecified atom stereocenters. The second-order valence-corrected chi connectivity index (χ2v) is 13.3. The summed E-state index contributed by atoms with van der Waals surface area (Å²) in [5.74, 6) is -1.51. The number of benzene rings is 2. The fourth-order valence-corrected chi connectivity index (χ4v) is 7.69. The lowest BCUT2D eigenvalue weighted by atomic mass is 9.57. The van der Waals surface area contributed by atoms with Crippen molar-refractivity contribution in [3.8, 4) is 11.5 Å². The Hall–Kier alpha value is -2.64. The van der Waals surface area contributed by atoms with Gasteiger partial charge in [-0.05, 0) is 107 Å². The predicted molar refractivity (Wildman–Crippen MR) is 178 cm³/mol. The number of methoxy groups -OCH3 is 1. The van der Waals surface area contributed by atoms with Crippen LogP contribution >= 0.6 is 22.6 Å². The van der Waals surface area contributed by atoms with Crippen LogP contribution in [0.15, 0.2) is 53.1 Å². The van der Waals surface area contributed by atoms with E-state index in [1.54, 1.807) is 18.2 Å². The van der Waals surface area contributed by atoms with E-state index in [9.17, 15) is 29.8 Å². The first-order valence-electron chi connectivity index (χ1n) is 15.1. The Bertz CT molecular complexity index is 1510. The molecule has 0 aromatic heterocycles. The van der Waals surface area contributed by atoms with E-state index < -0.39 is 32.2 Å². The molecule has 0 spiro atoms. The Labute approximate surface area is 272 Å². The maximum Gasteiger partial charge on any atom is 0.488 e. The number of halogens is 1. The number of ether oxygens (including phenoxy) is 1. The number of rotatable bonds is 9. The van der Waals surface area contributed by atoms with Crippen LogP contribution < -0.4 is 15.1 Å². The molecular weight excluding hydrogens is 675 g/mol. The third-order valence-electron chi connectivity index (χ3n) is 9.19. The number of allylic oxidation sites excluding steroid dienone is 2. The lowest BCUT2D eigenvalue weighted by Gasteiger charge is -2.44. The minimum Gasteiger partial charge on any atom is -0.504 e. The highest BCUT2D eigenvalue weighted by molar-refractivity contribution is 14.1. The summed E-state index contributed by atoms with van der Waals surface area (Å²) in [5.41, 5.74) is 4.73. The van der Waals surface area contributed by atoms with Gasteiger partial charge in [0.25, 0.3) is 0 Å². The summed E-state index contributed by atoms with van der Waals surface area (Å²) in [6.45, 7) is 6.26. The molecule has 2 aromatic rings. The molecule has 2 amide bonds. The molecule has 2 fully saturated rings. The molecule has 2 aromatic carbocycles. The molecule has 2 saturated heterocycles. The van der Waals surface area contributed by atoms with Gasteiger partial charge in [0, 0.05) is 0 Å². The summed E-state index contributed by atoms with van der Waals surface area (Å²) < 4.78 is 12.2. The van der Waals surface area contributed by atoms with Crippen LogP contribution in [-0.2, 0) is 14.2 Å². The van der Waals surface area contributed by atoms with Crippen LogP contribution in [0.2, 0.25) is 6.32 Å². The van der Waals surface area contributed by atoms with Gasteiger partial charge in [-0.1, -0.05) is 50.1 Å². The molecule has 4 atom stereocenters. The molecular formula is C32H38B2INO8. The molecule has 232 valence electrons. The van der Waals surface area contributed by atoms with Gasteiger partial charge in [-0.2, -0.15) is 0 Å². The zero-order chi connectivity index (χ0) is 31.9. The van der Waals surface area contributed by atoms with Gasteiger partial charge in [-0.15, -0.1) is 0 Å². The van der Waals surface area contributed by atoms with E-state index in [-0.39, 0.29) is 41.2 Å². The van der Waals surface area contributed by atoms with E-state index in [4.69, 9.17) is 9.39 Å². The standard InChI is InChI=1S/C32H38B2INO8/c1-5-18(11-19-12-25(35)30(37)27(13-19)43-4)9-10-26-28-22(17(2)3)15-23-29(24(28)16-33(40)44-26)32(39)36(31(23)38)21-8-6-7-20(14-21)34(41)42/h6-8,11-14,17,23-24,26,29,37,40-42H,5,9-10,15-16H2,1-4H3/b18-11+/t23-,24+,26-,29-/m1/s1. The van der Waals surface area contributed by atoms with E-state index in [2.05, 4.69) is 49.4 Å². The molecule has 4 N–H and O–H groups in total. The molecule has 0 saturated carbocycles. The molecule has 2 heterocycles. The van der Waals surface area contributed by atoms with Gasteiger partial charge >= 0.3 is 14.2 Å². The fraction of sp³-hybridized carbons (Fsp3) is 0.438. The molecule has 0 radical (unpaired) electrons. The summed E-state index contributed by atoms with van der Waals surface area (Å²) >= 11 is 2.08. The molecule has 5 rings (SSSR count). The van der Waals surface area contributed by atoms with E-state index in [1.807, 2.05) is 6.07 Å². The molecule has 44 heavy (non-hydrogen) atoms. The van der Waals surface area contributed by atoms with Crippen LogP contribution in [0.1, 0.15) is 52.0 Å². The van der Waals surface area contributed by atoms with Crippen LogP contribution in [0.25, 0.3) is 6.08 Å². The van der Waals surface area contributed by atoms with Crippen LogP contribution in [0, 0.1) is 27.2 Å². The van der Waals surface area contributed by atoms with Gasteiger partial charge in [-0.3, -0.25) is 14.5 Å². The number of carbonyl (C=O) groups is 2. The Morgan fingerprint density at radius 3 is 2.61 bits per heavy atom. The smallest absolute Gasteiger partial charge is 0.488 e. The highest BCUT2D eigenvalue weighted by Crippen LogP contribution is 2.52. The van der Waals surface area contributed by atoms with Crippen molar-refractivity contribution in [2.24, 2.45) is 23.7 Å². The van der Waals surface area contributed by atoms with Gasteiger partial charge in [0.2, 0.25) is 11.8 Å². The van der Waals surface area contributed by atoms with Crippen molar-refractivity contribution in [2.75, 3.05) is 12.0 Å². The Morgan fingerprint density at radius 1 is 1.20 bits per heavy atom. The molecule has 1 aliphatic carbocycles. The number of carbonyl (C=O) groups excluding carboxylic acids is 2. The van der Waals surface area contributed by atoms with Gasteiger partial charge in [0.1, 0.15) is 0 Å². The van der Waals surface area contributed by atoms with E-state index in [1.165, 1.54) is 29.7 Å². The highest BCUT2D eigenvalue weighted by Gasteiger charge is 2.57. The molecule has 0 bridgehead atoms. The lowest BCUT2D eigenvalue weighted by molar-refractivity contribution is -0.122. The minimum absolute atomic E-state index is 0.111. The van der Waals surface area contributed by atoms with E-state index in [0.717, 1.165) is 23.1 Å². The number of imide groups is 1. The van der Waals surface area contributed by atoms with Gasteiger partial charge in [-0.25, -0.2) is 0 Å². The van der Waals surface area contributed by atoms with E-state index >= 15 is 0 Å². The first kappa shape index (κ1) is 32.7. The van der Waals surface area contributed by atoms with Crippen molar-refractivity contribution >= 4 is 65.9 Å². The molecule has 2 aliphatic heterocycles. The maximum absolute atomic E-state index is 14.0. The first-order valence-corrected chi connectivity index (χ1v) is 16.2. The Morgan fingerprint density at radius 2 is 1.95 bits per heavy atom. The summed E-state index contributed by atoms with van der Waals surface area (Å²) in [6, 6.07) is 9.91. The van der Waals surface area contributed by atoms with Crippen molar-refractivity contribution in [1.82, 2.24) is 0 Å². The molecule has 3 aliphatic rings. The number of phenols is 1. The van der Waals surface area contributed by atoms with E-state index in [0.29, 0.717) is 34.3 Å². The minimum atomic E-state index is -1.72. The fourth-order valence-electron chi connectivity index (χ4n) is 7.06. The summed E-state index contributed by atoms with van der Waals surface area (Å²) in [5, 5.41) is 40.5. The second kappa shape index (κ2) is 13.4. The second-order valence-electron chi connectivity index (χ2n) is 12.1. The largest absolute Gasteiger partial charge is 0.504 e. The van der Waals surface area contributed by atoms with Crippen LogP contribution in [-0.4, -0.2) is 59.4 Å². The first-order chi connectivity index (χ1) is 20.9. The van der Waals surface area contributed by atoms with Crippen LogP contribution in [0.4, 0.5) is 5.69 Å². The van der Waals surface area contributed by atoms with Crippen molar-refractivity contribution in [1.29, 1.82) is 0 Å². The van der Waals surface area contributed by atoms with Gasteiger partial charge < -0.3 is 29.6 Å². The predicted octanol–water partition coefficient (Wildman–Crippen LogP) is 3.92. The van der Waals surface area contributed by atoms with Crippen molar-refractivity contribution in [2.45, 2.75) is 58.9 Å². The normalized spacial score (nSPS) is 23.8. The topological polar surface area (TPSA) is 137 Å². The Balaban J connectivity index is 1.45. The third kappa shape index (κ3) is 6.24. The van der Waals surface area contributed by atoms with Crippen LogP contribution in [0.3, 0.4) is 0 Å². The quantitative estimate of drug-likeness (QED) is 0.133. The average molecular weight is 713 g/mol. The van der Waals surface area contributed by atoms with Gasteiger partial charge in [0.05, 0.1) is 34.3 Å². The summed E-state index contributed by atoms with van der Waals surface area (Å²) in [7, 11) is -1.27. The number of hydrogen-bond acceptors (Lipinski definition) is 8. The Kier molecular flexibility index (Phi) is 9.96. The van der Waals surface area contributed by atoms with Crippen molar-refractivity contribution in [3.63, 3.8) is 0 Å².